The standard InChI is InChI=1S/C19H26N4O3/c1-19(2,3)26-18(25)23-12-9-16(13-23)22-17(24)14-5-7-15(8-6-14)21-11-4-10-20/h4-8,10-11,16,20-21H,9,12-13H2,1-3H3,(H,22,24)/b11-4-,20-10?/t16-/m1/s1. The van der Waals surface area contributed by atoms with Crippen LogP contribution in [0.2, 0.25) is 0 Å². The van der Waals surface area contributed by atoms with E-state index in [-0.39, 0.29) is 18.0 Å². The van der Waals surface area contributed by atoms with Crippen molar-refractivity contribution >= 4 is 23.9 Å². The van der Waals surface area contributed by atoms with Crippen molar-refractivity contribution in [3.63, 3.8) is 0 Å². The number of likely N-dealkylation sites (tertiary alicyclic amines) is 1. The fraction of sp³-hybridized carbons (Fsp3) is 0.421. The second kappa shape index (κ2) is 8.51. The molecule has 1 aromatic rings. The van der Waals surface area contributed by atoms with E-state index in [2.05, 4.69) is 10.6 Å². The lowest BCUT2D eigenvalue weighted by molar-refractivity contribution is 0.0290. The van der Waals surface area contributed by atoms with E-state index >= 15 is 0 Å². The molecule has 1 heterocycles. The highest BCUT2D eigenvalue weighted by molar-refractivity contribution is 5.94. The average Bonchev–Trinajstić information content (AvgIpc) is 3.03. The molecule has 7 heteroatoms. The SMILES string of the molecule is CC(C)(C)OC(=O)N1CC[C@@H](NC(=O)c2ccc(N/C=C\C=N)cc2)C1. The lowest BCUT2D eigenvalue weighted by atomic mass is 10.1. The molecule has 0 spiro atoms. The van der Waals surface area contributed by atoms with Crippen LogP contribution in [0, 0.1) is 5.41 Å². The number of nitrogens with zero attached hydrogens (tertiary/aromatic N) is 1. The van der Waals surface area contributed by atoms with Gasteiger partial charge in [-0.25, -0.2) is 4.79 Å². The first-order valence-electron chi connectivity index (χ1n) is 8.59. The molecule has 0 aliphatic carbocycles. The Bertz CT molecular complexity index is 677. The summed E-state index contributed by atoms with van der Waals surface area (Å²) in [4.78, 5) is 26.1. The smallest absolute Gasteiger partial charge is 0.410 e. The number of allylic oxidation sites excluding steroid dienone is 1. The maximum Gasteiger partial charge on any atom is 0.410 e. The number of amides is 2. The van der Waals surface area contributed by atoms with Gasteiger partial charge < -0.3 is 25.7 Å². The number of ether oxygens (including phenoxy) is 1. The largest absolute Gasteiger partial charge is 0.444 e. The maximum absolute atomic E-state index is 12.4. The lowest BCUT2D eigenvalue weighted by Gasteiger charge is -2.24. The highest BCUT2D eigenvalue weighted by atomic mass is 16.6. The monoisotopic (exact) mass is 358 g/mol. The second-order valence-electron chi connectivity index (χ2n) is 7.13. The number of nitrogens with one attached hydrogen (secondary N) is 3. The van der Waals surface area contributed by atoms with Gasteiger partial charge in [0, 0.05) is 42.8 Å². The van der Waals surface area contributed by atoms with Crippen LogP contribution in [0.3, 0.4) is 0 Å². The molecular formula is C19H26N4O3. The van der Waals surface area contributed by atoms with Gasteiger partial charge >= 0.3 is 6.09 Å². The maximum atomic E-state index is 12.4. The molecule has 1 atom stereocenters. The predicted molar refractivity (Wildman–Crippen MR) is 102 cm³/mol. The first kappa shape index (κ1) is 19.5. The zero-order valence-electron chi connectivity index (χ0n) is 15.4. The van der Waals surface area contributed by atoms with E-state index < -0.39 is 5.60 Å². The van der Waals surface area contributed by atoms with Crippen LogP contribution in [0.5, 0.6) is 0 Å². The van der Waals surface area contributed by atoms with Gasteiger partial charge in [0.1, 0.15) is 5.60 Å². The van der Waals surface area contributed by atoms with Crippen molar-refractivity contribution in [3.05, 3.63) is 42.1 Å². The molecule has 3 N–H and O–H groups in total. The summed E-state index contributed by atoms with van der Waals surface area (Å²) >= 11 is 0. The fourth-order valence-electron chi connectivity index (χ4n) is 2.55. The Kier molecular flexibility index (Phi) is 6.38. The van der Waals surface area contributed by atoms with Gasteiger partial charge in [0.15, 0.2) is 0 Å². The Hall–Kier alpha value is -2.83. The predicted octanol–water partition coefficient (Wildman–Crippen LogP) is 3.00. The third kappa shape index (κ3) is 5.91. The van der Waals surface area contributed by atoms with Crippen LogP contribution >= 0.6 is 0 Å². The molecule has 1 aromatic carbocycles. The number of anilines is 1. The van der Waals surface area contributed by atoms with E-state index in [0.717, 1.165) is 5.69 Å². The molecule has 0 unspecified atom stereocenters. The number of carbonyl (C=O) groups is 2. The van der Waals surface area contributed by atoms with Gasteiger partial charge in [-0.2, -0.15) is 0 Å². The summed E-state index contributed by atoms with van der Waals surface area (Å²) in [6, 6.07) is 6.98. The highest BCUT2D eigenvalue weighted by Crippen LogP contribution is 2.16. The van der Waals surface area contributed by atoms with Crippen molar-refractivity contribution in [2.24, 2.45) is 0 Å². The number of benzene rings is 1. The normalized spacial score (nSPS) is 17.2. The van der Waals surface area contributed by atoms with Crippen molar-refractivity contribution < 1.29 is 14.3 Å². The van der Waals surface area contributed by atoms with Gasteiger partial charge in [-0.3, -0.25) is 4.79 Å². The third-order valence-electron chi connectivity index (χ3n) is 3.76. The Morgan fingerprint density at radius 3 is 2.58 bits per heavy atom. The quantitative estimate of drug-likeness (QED) is 0.705. The Morgan fingerprint density at radius 2 is 1.96 bits per heavy atom. The molecule has 140 valence electrons. The molecule has 7 nitrogen and oxygen atoms in total. The molecule has 1 fully saturated rings. The number of hydrogen-bond donors (Lipinski definition) is 3. The first-order valence-corrected chi connectivity index (χ1v) is 8.59. The van der Waals surface area contributed by atoms with Crippen molar-refractivity contribution in [2.75, 3.05) is 18.4 Å². The van der Waals surface area contributed by atoms with Gasteiger partial charge in [0.05, 0.1) is 0 Å². The van der Waals surface area contributed by atoms with Crippen LogP contribution in [-0.2, 0) is 4.74 Å². The van der Waals surface area contributed by atoms with E-state index in [1.54, 1.807) is 41.4 Å². The zero-order valence-corrected chi connectivity index (χ0v) is 15.4. The minimum absolute atomic E-state index is 0.0802. The van der Waals surface area contributed by atoms with Crippen LogP contribution in [0.25, 0.3) is 0 Å². The third-order valence-corrected chi connectivity index (χ3v) is 3.76. The van der Waals surface area contributed by atoms with Crippen LogP contribution in [-0.4, -0.2) is 47.8 Å². The Balaban J connectivity index is 1.85. The van der Waals surface area contributed by atoms with Gasteiger partial charge in [-0.05, 0) is 57.5 Å². The van der Waals surface area contributed by atoms with Crippen LogP contribution in [0.1, 0.15) is 37.6 Å². The highest BCUT2D eigenvalue weighted by Gasteiger charge is 2.30. The molecular weight excluding hydrogens is 332 g/mol. The van der Waals surface area contributed by atoms with E-state index in [0.29, 0.717) is 25.1 Å². The molecule has 0 bridgehead atoms. The van der Waals surface area contributed by atoms with Gasteiger partial charge in [0.25, 0.3) is 5.91 Å². The summed E-state index contributed by atoms with van der Waals surface area (Å²) in [5, 5.41) is 12.9. The van der Waals surface area contributed by atoms with Crippen molar-refractivity contribution in [2.45, 2.75) is 38.8 Å². The zero-order chi connectivity index (χ0) is 19.2. The molecule has 2 rings (SSSR count). The van der Waals surface area contributed by atoms with E-state index in [9.17, 15) is 9.59 Å². The van der Waals surface area contributed by atoms with Crippen molar-refractivity contribution in [3.8, 4) is 0 Å². The van der Waals surface area contributed by atoms with Crippen molar-refractivity contribution in [1.82, 2.24) is 10.2 Å². The van der Waals surface area contributed by atoms with Gasteiger partial charge in [-0.1, -0.05) is 0 Å². The molecule has 0 radical (unpaired) electrons. The number of carbonyl (C=O) groups excluding carboxylic acids is 2. The number of rotatable bonds is 5. The number of hydrogen-bond acceptors (Lipinski definition) is 5. The van der Waals surface area contributed by atoms with E-state index in [1.165, 1.54) is 6.21 Å². The van der Waals surface area contributed by atoms with Crippen molar-refractivity contribution in [1.29, 1.82) is 5.41 Å². The lowest BCUT2D eigenvalue weighted by Crippen LogP contribution is -2.40. The second-order valence-corrected chi connectivity index (χ2v) is 7.13. The van der Waals surface area contributed by atoms with E-state index in [4.69, 9.17) is 10.1 Å². The summed E-state index contributed by atoms with van der Waals surface area (Å²) in [6.45, 7) is 6.52. The Labute approximate surface area is 153 Å². The average molecular weight is 358 g/mol. The molecule has 2 amide bonds. The summed E-state index contributed by atoms with van der Waals surface area (Å²) in [7, 11) is 0. The minimum Gasteiger partial charge on any atom is -0.444 e. The minimum atomic E-state index is -0.526. The molecule has 0 aromatic heterocycles. The topological polar surface area (TPSA) is 94.5 Å². The molecule has 1 aliphatic heterocycles. The summed E-state index contributed by atoms with van der Waals surface area (Å²) < 4.78 is 5.36. The van der Waals surface area contributed by atoms with E-state index in [1.807, 2.05) is 20.8 Å². The Morgan fingerprint density at radius 1 is 1.27 bits per heavy atom. The summed E-state index contributed by atoms with van der Waals surface area (Å²) in [6.07, 6.45) is 4.75. The fourth-order valence-corrected chi connectivity index (χ4v) is 2.55. The van der Waals surface area contributed by atoms with Crippen LogP contribution in [0.4, 0.5) is 10.5 Å². The first-order chi connectivity index (χ1) is 12.3. The summed E-state index contributed by atoms with van der Waals surface area (Å²) in [5.41, 5.74) is 0.862. The molecule has 0 saturated carbocycles. The molecule has 26 heavy (non-hydrogen) atoms. The van der Waals surface area contributed by atoms with Crippen LogP contribution in [0.15, 0.2) is 36.5 Å². The van der Waals surface area contributed by atoms with Gasteiger partial charge in [-0.15, -0.1) is 0 Å². The molecule has 1 saturated heterocycles. The molecule has 1 aliphatic rings. The van der Waals surface area contributed by atoms with Crippen LogP contribution < -0.4 is 10.6 Å². The summed E-state index contributed by atoms with van der Waals surface area (Å²) in [5.74, 6) is -0.164. The van der Waals surface area contributed by atoms with Gasteiger partial charge in [0.2, 0.25) is 0 Å².